The van der Waals surface area contributed by atoms with Gasteiger partial charge in [-0.25, -0.2) is 17.6 Å². The molecule has 4 heterocycles. The predicted molar refractivity (Wildman–Crippen MR) is 132 cm³/mol. The Kier molecular flexibility index (Phi) is 5.75. The van der Waals surface area contributed by atoms with Gasteiger partial charge >= 0.3 is 0 Å². The van der Waals surface area contributed by atoms with Crippen molar-refractivity contribution in [3.05, 3.63) is 58.8 Å². The number of anilines is 1. The van der Waals surface area contributed by atoms with Crippen LogP contribution in [0.3, 0.4) is 0 Å². The average Bonchev–Trinajstić information content (AvgIpc) is 3.29. The standard InChI is InChI=1S/C27H31F4N5/c1-16-9-19-18(3-4-23-20(19)12-32-33-23)26(36(16)13-24(30)31)25-21(28)10-17(11-22(25)29)35-14-27(15-35)5-7-34(2)8-6-27/h3-4,10-12,16,24,26H,5-9,13-15H2,1-2H3,(H,32,33)/t16-,26?/m1/s1. The topological polar surface area (TPSA) is 38.4 Å². The number of likely N-dealkylation sites (tertiary alicyclic amines) is 1. The maximum Gasteiger partial charge on any atom is 0.251 e. The SMILES string of the molecule is C[C@@H]1Cc2c(ccc3[nH]ncc23)C(c2c(F)cc(N3CC4(CCN(C)CC4)C3)cc2F)N1CC(F)F. The summed E-state index contributed by atoms with van der Waals surface area (Å²) in [5.74, 6) is -1.38. The second-order valence-electron chi connectivity index (χ2n) is 11.0. The van der Waals surface area contributed by atoms with Crippen molar-refractivity contribution >= 4 is 16.6 Å². The number of nitrogens with one attached hydrogen (secondary N) is 1. The molecule has 9 heteroatoms. The van der Waals surface area contributed by atoms with Gasteiger partial charge in [0.2, 0.25) is 0 Å². The molecule has 2 atom stereocenters. The first-order valence-electron chi connectivity index (χ1n) is 12.7. The number of rotatable bonds is 4. The van der Waals surface area contributed by atoms with E-state index in [4.69, 9.17) is 0 Å². The van der Waals surface area contributed by atoms with Gasteiger partial charge in [0.25, 0.3) is 6.43 Å². The molecule has 2 fully saturated rings. The van der Waals surface area contributed by atoms with Gasteiger partial charge in [-0.1, -0.05) is 6.07 Å². The van der Waals surface area contributed by atoms with E-state index in [0.717, 1.165) is 55.5 Å². The molecule has 1 aromatic heterocycles. The van der Waals surface area contributed by atoms with Crippen molar-refractivity contribution in [1.82, 2.24) is 20.0 Å². The summed E-state index contributed by atoms with van der Waals surface area (Å²) < 4.78 is 58.8. The summed E-state index contributed by atoms with van der Waals surface area (Å²) in [7, 11) is 2.12. The minimum absolute atomic E-state index is 0.162. The maximum absolute atomic E-state index is 15.8. The molecule has 0 radical (unpaired) electrons. The monoisotopic (exact) mass is 501 g/mol. The van der Waals surface area contributed by atoms with Gasteiger partial charge in [0, 0.05) is 41.2 Å². The van der Waals surface area contributed by atoms with E-state index in [0.29, 0.717) is 17.7 Å². The highest BCUT2D eigenvalue weighted by Crippen LogP contribution is 2.46. The van der Waals surface area contributed by atoms with Crippen LogP contribution in [0.15, 0.2) is 30.5 Å². The summed E-state index contributed by atoms with van der Waals surface area (Å²) in [6.45, 7) is 4.94. The summed E-state index contributed by atoms with van der Waals surface area (Å²) in [5, 5.41) is 7.90. The zero-order valence-electron chi connectivity index (χ0n) is 20.6. The molecule has 1 N–H and O–H groups in total. The largest absolute Gasteiger partial charge is 0.370 e. The van der Waals surface area contributed by atoms with Crippen LogP contribution < -0.4 is 4.90 Å². The van der Waals surface area contributed by atoms with E-state index < -0.39 is 30.6 Å². The summed E-state index contributed by atoms with van der Waals surface area (Å²) in [4.78, 5) is 5.88. The second-order valence-corrected chi connectivity index (χ2v) is 11.0. The molecule has 3 aliphatic rings. The Morgan fingerprint density at radius 1 is 1.11 bits per heavy atom. The van der Waals surface area contributed by atoms with E-state index in [1.54, 1.807) is 18.3 Å². The highest BCUT2D eigenvalue weighted by atomic mass is 19.3. The van der Waals surface area contributed by atoms with Crippen LogP contribution in [0.2, 0.25) is 0 Å². The number of halogens is 4. The molecule has 36 heavy (non-hydrogen) atoms. The van der Waals surface area contributed by atoms with Gasteiger partial charge in [0.05, 0.1) is 24.3 Å². The fourth-order valence-corrected chi connectivity index (χ4v) is 6.56. The molecule has 0 saturated carbocycles. The molecule has 5 nitrogen and oxygen atoms in total. The number of hydrogen-bond donors (Lipinski definition) is 1. The van der Waals surface area contributed by atoms with Crippen LogP contribution >= 0.6 is 0 Å². The summed E-state index contributed by atoms with van der Waals surface area (Å²) in [6, 6.07) is 5.09. The number of aromatic amines is 1. The van der Waals surface area contributed by atoms with Gasteiger partial charge in [-0.05, 0) is 75.6 Å². The molecule has 2 saturated heterocycles. The van der Waals surface area contributed by atoms with E-state index in [1.165, 1.54) is 17.0 Å². The van der Waals surface area contributed by atoms with Crippen LogP contribution in [0.5, 0.6) is 0 Å². The molecule has 6 rings (SSSR count). The Morgan fingerprint density at radius 2 is 1.81 bits per heavy atom. The van der Waals surface area contributed by atoms with Crippen LogP contribution in [-0.2, 0) is 6.42 Å². The smallest absolute Gasteiger partial charge is 0.251 e. The maximum atomic E-state index is 15.8. The number of hydrogen-bond acceptors (Lipinski definition) is 4. The van der Waals surface area contributed by atoms with Crippen LogP contribution in [0.25, 0.3) is 10.9 Å². The highest BCUT2D eigenvalue weighted by molar-refractivity contribution is 5.83. The lowest BCUT2D eigenvalue weighted by Crippen LogP contribution is -2.60. The lowest BCUT2D eigenvalue weighted by atomic mass is 9.72. The fraction of sp³-hybridized carbons (Fsp3) is 0.519. The number of piperidine rings is 1. The Labute approximate surface area is 208 Å². The van der Waals surface area contributed by atoms with Crippen molar-refractivity contribution in [2.24, 2.45) is 5.41 Å². The third-order valence-electron chi connectivity index (χ3n) is 8.62. The third-order valence-corrected chi connectivity index (χ3v) is 8.62. The van der Waals surface area contributed by atoms with E-state index in [9.17, 15) is 8.78 Å². The van der Waals surface area contributed by atoms with E-state index >= 15 is 8.78 Å². The van der Waals surface area contributed by atoms with Crippen LogP contribution in [0.4, 0.5) is 23.2 Å². The van der Waals surface area contributed by atoms with Crippen LogP contribution in [-0.4, -0.2) is 72.2 Å². The first-order chi connectivity index (χ1) is 17.2. The highest BCUT2D eigenvalue weighted by Gasteiger charge is 2.45. The molecule has 192 valence electrons. The molecule has 1 unspecified atom stereocenters. The van der Waals surface area contributed by atoms with Gasteiger partial charge in [-0.2, -0.15) is 5.10 Å². The van der Waals surface area contributed by atoms with Crippen molar-refractivity contribution < 1.29 is 17.6 Å². The van der Waals surface area contributed by atoms with Crippen LogP contribution in [0.1, 0.15) is 42.5 Å². The van der Waals surface area contributed by atoms with Crippen molar-refractivity contribution in [2.45, 2.75) is 44.7 Å². The van der Waals surface area contributed by atoms with Gasteiger partial charge in [-0.15, -0.1) is 0 Å². The lowest BCUT2D eigenvalue weighted by Gasteiger charge is -2.54. The van der Waals surface area contributed by atoms with E-state index in [1.807, 2.05) is 11.8 Å². The summed E-state index contributed by atoms with van der Waals surface area (Å²) >= 11 is 0. The van der Waals surface area contributed by atoms with Crippen molar-refractivity contribution in [1.29, 1.82) is 0 Å². The number of fused-ring (bicyclic) bond motifs is 3. The fourth-order valence-electron chi connectivity index (χ4n) is 6.56. The second kappa shape index (κ2) is 8.73. The lowest BCUT2D eigenvalue weighted by molar-refractivity contribution is 0.0447. The van der Waals surface area contributed by atoms with Crippen molar-refractivity contribution in [3.8, 4) is 0 Å². The first kappa shape index (κ1) is 23.7. The molecule has 2 aromatic carbocycles. The Hall–Kier alpha value is -2.65. The Morgan fingerprint density at radius 3 is 2.47 bits per heavy atom. The van der Waals surface area contributed by atoms with Crippen molar-refractivity contribution in [3.63, 3.8) is 0 Å². The predicted octanol–water partition coefficient (Wildman–Crippen LogP) is 4.97. The molecule has 3 aromatic rings. The van der Waals surface area contributed by atoms with Crippen LogP contribution in [0, 0.1) is 17.0 Å². The minimum Gasteiger partial charge on any atom is -0.370 e. The molecular formula is C27H31F4N5. The zero-order chi connectivity index (χ0) is 25.2. The average molecular weight is 502 g/mol. The summed E-state index contributed by atoms with van der Waals surface area (Å²) in [6.07, 6.45) is 1.75. The molecular weight excluding hydrogens is 470 g/mol. The quantitative estimate of drug-likeness (QED) is 0.512. The van der Waals surface area contributed by atoms with E-state index in [-0.39, 0.29) is 17.0 Å². The van der Waals surface area contributed by atoms with Gasteiger partial charge in [0.15, 0.2) is 0 Å². The van der Waals surface area contributed by atoms with E-state index in [2.05, 4.69) is 22.1 Å². The Bertz CT molecular complexity index is 1250. The Balaban J connectivity index is 1.37. The number of H-pyrrole nitrogens is 1. The molecule has 3 aliphatic heterocycles. The number of nitrogens with zero attached hydrogens (tertiary/aromatic N) is 4. The first-order valence-corrected chi connectivity index (χ1v) is 12.7. The minimum atomic E-state index is -2.62. The van der Waals surface area contributed by atoms with Gasteiger partial charge in [0.1, 0.15) is 11.6 Å². The number of alkyl halides is 2. The molecule has 1 spiro atoms. The van der Waals surface area contributed by atoms with Gasteiger partial charge in [-0.3, -0.25) is 10.00 Å². The van der Waals surface area contributed by atoms with Gasteiger partial charge < -0.3 is 9.80 Å². The molecule has 0 bridgehead atoms. The zero-order valence-corrected chi connectivity index (χ0v) is 20.6. The van der Waals surface area contributed by atoms with Crippen molar-refractivity contribution in [2.75, 3.05) is 44.7 Å². The number of aromatic nitrogens is 2. The molecule has 0 aliphatic carbocycles. The normalized spacial score (nSPS) is 24.5. The summed E-state index contributed by atoms with van der Waals surface area (Å²) in [5.41, 5.74) is 2.96. The number of benzene rings is 2. The third kappa shape index (κ3) is 3.87. The molecule has 0 amide bonds.